The third kappa shape index (κ3) is 3.89. The highest BCUT2D eigenvalue weighted by atomic mass is 79.9. The molecule has 4 heteroatoms. The molecular weight excluding hydrogens is 282 g/mol. The molecule has 0 aromatic carbocycles. The molecule has 14 heavy (non-hydrogen) atoms. The molecule has 0 radical (unpaired) electrons. The molecule has 0 fully saturated rings. The maximum absolute atomic E-state index is 5.79. The van der Waals surface area contributed by atoms with Crippen molar-refractivity contribution in [1.29, 1.82) is 0 Å². The van der Waals surface area contributed by atoms with E-state index in [1.165, 1.54) is 8.66 Å². The Labute approximate surface area is 103 Å². The Balaban J connectivity index is 2.33. The first-order chi connectivity index (χ1) is 6.63. The first-order valence-electron chi connectivity index (χ1n) is 4.67. The minimum atomic E-state index is 0.466. The summed E-state index contributed by atoms with van der Waals surface area (Å²) in [5.74, 6) is 1.22. The van der Waals surface area contributed by atoms with Crippen LogP contribution in [0.2, 0.25) is 0 Å². The zero-order valence-corrected chi connectivity index (χ0v) is 11.5. The molecule has 0 saturated heterocycles. The van der Waals surface area contributed by atoms with Gasteiger partial charge in [-0.25, -0.2) is 0 Å². The average Bonchev–Trinajstić information content (AvgIpc) is 2.59. The van der Waals surface area contributed by atoms with Gasteiger partial charge in [0.1, 0.15) is 0 Å². The largest absolute Gasteiger partial charge is 0.309 e. The van der Waals surface area contributed by atoms with Crippen LogP contribution in [0.25, 0.3) is 0 Å². The van der Waals surface area contributed by atoms with Crippen molar-refractivity contribution >= 4 is 38.9 Å². The number of alkyl halides is 1. The van der Waals surface area contributed by atoms with Crippen LogP contribution in [-0.2, 0) is 6.54 Å². The van der Waals surface area contributed by atoms with Crippen LogP contribution in [0.5, 0.6) is 0 Å². The molecule has 1 N–H and O–H groups in total. The predicted molar refractivity (Wildman–Crippen MR) is 68.2 cm³/mol. The summed E-state index contributed by atoms with van der Waals surface area (Å²) in [7, 11) is 0. The Morgan fingerprint density at radius 3 is 2.71 bits per heavy atom. The zero-order chi connectivity index (χ0) is 10.6. The van der Waals surface area contributed by atoms with E-state index in [0.29, 0.717) is 17.8 Å². The normalized spacial score (nSPS) is 15.4. The van der Waals surface area contributed by atoms with Gasteiger partial charge in [0.2, 0.25) is 0 Å². The molecule has 0 bridgehead atoms. The third-order valence-electron chi connectivity index (χ3n) is 2.32. The quantitative estimate of drug-likeness (QED) is 0.814. The Bertz CT molecular complexity index is 277. The van der Waals surface area contributed by atoms with Crippen LogP contribution < -0.4 is 5.32 Å². The van der Waals surface area contributed by atoms with Crippen molar-refractivity contribution in [3.8, 4) is 0 Å². The van der Waals surface area contributed by atoms with Crippen LogP contribution in [-0.4, -0.2) is 11.9 Å². The molecule has 0 aliphatic carbocycles. The van der Waals surface area contributed by atoms with Crippen molar-refractivity contribution in [3.63, 3.8) is 0 Å². The van der Waals surface area contributed by atoms with Crippen molar-refractivity contribution in [1.82, 2.24) is 5.32 Å². The number of rotatable bonds is 5. The second-order valence-electron chi connectivity index (χ2n) is 3.51. The second kappa shape index (κ2) is 6.11. The summed E-state index contributed by atoms with van der Waals surface area (Å²) in [5.41, 5.74) is 0. The average molecular weight is 297 g/mol. The van der Waals surface area contributed by atoms with Crippen LogP contribution in [0.4, 0.5) is 0 Å². The van der Waals surface area contributed by atoms with E-state index in [1.54, 1.807) is 11.3 Å². The molecule has 1 aromatic heterocycles. The van der Waals surface area contributed by atoms with Crippen molar-refractivity contribution in [2.45, 2.75) is 26.4 Å². The van der Waals surface area contributed by atoms with Gasteiger partial charge in [0.05, 0.1) is 3.79 Å². The lowest BCUT2D eigenvalue weighted by atomic mass is 10.1. The molecule has 1 heterocycles. The van der Waals surface area contributed by atoms with Gasteiger partial charge in [-0.3, -0.25) is 0 Å². The summed E-state index contributed by atoms with van der Waals surface area (Å²) in [6.07, 6.45) is 0. The van der Waals surface area contributed by atoms with E-state index in [1.807, 2.05) is 0 Å². The molecule has 1 nitrogen and oxygen atoms in total. The summed E-state index contributed by atoms with van der Waals surface area (Å²) in [4.78, 5) is 1.35. The van der Waals surface area contributed by atoms with E-state index in [-0.39, 0.29) is 0 Å². The maximum atomic E-state index is 5.79. The summed E-state index contributed by atoms with van der Waals surface area (Å²) in [6.45, 7) is 5.27. The monoisotopic (exact) mass is 295 g/mol. The van der Waals surface area contributed by atoms with Crippen molar-refractivity contribution in [2.24, 2.45) is 5.92 Å². The summed E-state index contributed by atoms with van der Waals surface area (Å²) < 4.78 is 1.19. The third-order valence-corrected chi connectivity index (χ3v) is 4.43. The van der Waals surface area contributed by atoms with Crippen LogP contribution in [0.1, 0.15) is 18.7 Å². The van der Waals surface area contributed by atoms with Crippen molar-refractivity contribution in [2.75, 3.05) is 5.88 Å². The smallest absolute Gasteiger partial charge is 0.0701 e. The number of thiophene rings is 1. The Morgan fingerprint density at radius 2 is 2.21 bits per heavy atom. The molecular formula is C10H15BrClNS. The van der Waals surface area contributed by atoms with Gasteiger partial charge >= 0.3 is 0 Å². The van der Waals surface area contributed by atoms with E-state index >= 15 is 0 Å². The highest BCUT2D eigenvalue weighted by Crippen LogP contribution is 2.22. The van der Waals surface area contributed by atoms with Gasteiger partial charge in [0, 0.05) is 23.3 Å². The maximum Gasteiger partial charge on any atom is 0.0701 e. The summed E-state index contributed by atoms with van der Waals surface area (Å²) in [5, 5.41) is 3.47. The number of hydrogen-bond donors (Lipinski definition) is 1. The van der Waals surface area contributed by atoms with Gasteiger partial charge in [-0.2, -0.15) is 0 Å². The Kier molecular flexibility index (Phi) is 5.45. The Morgan fingerprint density at radius 1 is 1.50 bits per heavy atom. The van der Waals surface area contributed by atoms with Gasteiger partial charge in [0.15, 0.2) is 0 Å². The van der Waals surface area contributed by atoms with Crippen LogP contribution in [0.15, 0.2) is 15.9 Å². The number of hydrogen-bond acceptors (Lipinski definition) is 2. The van der Waals surface area contributed by atoms with Crippen LogP contribution in [0.3, 0.4) is 0 Å². The molecule has 1 rings (SSSR count). The van der Waals surface area contributed by atoms with Crippen molar-refractivity contribution < 1.29 is 0 Å². The molecule has 0 amide bonds. The zero-order valence-electron chi connectivity index (χ0n) is 8.39. The van der Waals surface area contributed by atoms with Crippen LogP contribution >= 0.6 is 38.9 Å². The van der Waals surface area contributed by atoms with E-state index in [0.717, 1.165) is 6.54 Å². The van der Waals surface area contributed by atoms with Gasteiger partial charge in [-0.1, -0.05) is 6.92 Å². The minimum Gasteiger partial charge on any atom is -0.309 e. The predicted octanol–water partition coefficient (Wildman–Crippen LogP) is 3.86. The molecule has 1 aromatic rings. The standard InChI is InChI=1S/C10H15BrClNS/c1-7(5-12)8(2)13-6-9-3-4-10(11)14-9/h3-4,7-8,13H,5-6H2,1-2H3. The Hall–Kier alpha value is 0.430. The van der Waals surface area contributed by atoms with E-state index in [4.69, 9.17) is 11.6 Å². The fourth-order valence-corrected chi connectivity index (χ4v) is 2.74. The first-order valence-corrected chi connectivity index (χ1v) is 6.81. The van der Waals surface area contributed by atoms with Crippen LogP contribution in [0, 0.1) is 5.92 Å². The summed E-state index contributed by atoms with van der Waals surface area (Å²) in [6, 6.07) is 4.69. The lowest BCUT2D eigenvalue weighted by Gasteiger charge is -2.18. The fourth-order valence-electron chi connectivity index (χ4n) is 1.04. The molecule has 0 aliphatic heterocycles. The number of nitrogens with one attached hydrogen (secondary N) is 1. The lowest BCUT2D eigenvalue weighted by molar-refractivity contribution is 0.431. The summed E-state index contributed by atoms with van der Waals surface area (Å²) >= 11 is 11.0. The molecule has 0 aliphatic rings. The molecule has 0 spiro atoms. The molecule has 2 unspecified atom stereocenters. The molecule has 80 valence electrons. The first kappa shape index (κ1) is 12.5. The highest BCUT2D eigenvalue weighted by molar-refractivity contribution is 9.11. The van der Waals surface area contributed by atoms with Gasteiger partial charge in [-0.05, 0) is 40.9 Å². The highest BCUT2D eigenvalue weighted by Gasteiger charge is 2.10. The lowest BCUT2D eigenvalue weighted by Crippen LogP contribution is -2.32. The van der Waals surface area contributed by atoms with Crippen molar-refractivity contribution in [3.05, 3.63) is 20.8 Å². The molecule has 2 atom stereocenters. The van der Waals surface area contributed by atoms with E-state index in [2.05, 4.69) is 47.2 Å². The minimum absolute atomic E-state index is 0.466. The van der Waals surface area contributed by atoms with E-state index in [9.17, 15) is 0 Å². The van der Waals surface area contributed by atoms with Gasteiger partial charge in [-0.15, -0.1) is 22.9 Å². The second-order valence-corrected chi connectivity index (χ2v) is 6.36. The molecule has 0 saturated carbocycles. The van der Waals surface area contributed by atoms with Gasteiger partial charge < -0.3 is 5.32 Å². The SMILES string of the molecule is CC(CCl)C(C)NCc1ccc(Br)s1. The topological polar surface area (TPSA) is 12.0 Å². The van der Waals surface area contributed by atoms with E-state index < -0.39 is 0 Å². The fraction of sp³-hybridized carbons (Fsp3) is 0.600. The number of halogens is 2. The van der Waals surface area contributed by atoms with Gasteiger partial charge in [0.25, 0.3) is 0 Å².